The van der Waals surface area contributed by atoms with E-state index in [9.17, 15) is 9.90 Å². The highest BCUT2D eigenvalue weighted by atomic mass is 16.5. The fraction of sp³-hybridized carbons (Fsp3) is 0.240. The second-order valence-electron chi connectivity index (χ2n) is 6.97. The maximum absolute atomic E-state index is 10.2. The number of carbonyl (C=O) groups excluding carboxylic acids is 1. The monoisotopic (exact) mass is 406 g/mol. The number of hydrogen-bond acceptors (Lipinski definition) is 4. The summed E-state index contributed by atoms with van der Waals surface area (Å²) >= 11 is 0. The lowest BCUT2D eigenvalue weighted by Crippen LogP contribution is -2.28. The Morgan fingerprint density at radius 3 is 1.90 bits per heavy atom. The van der Waals surface area contributed by atoms with E-state index in [0.29, 0.717) is 0 Å². The van der Waals surface area contributed by atoms with Crippen LogP contribution in [0.25, 0.3) is 0 Å². The van der Waals surface area contributed by atoms with Gasteiger partial charge in [0, 0.05) is 19.0 Å². The molecule has 158 valence electrons. The van der Waals surface area contributed by atoms with Crippen LogP contribution in [0.5, 0.6) is 0 Å². The van der Waals surface area contributed by atoms with Gasteiger partial charge in [0.15, 0.2) is 0 Å². The van der Waals surface area contributed by atoms with Crippen LogP contribution in [-0.4, -0.2) is 23.8 Å². The fourth-order valence-corrected chi connectivity index (χ4v) is 2.96. The Morgan fingerprint density at radius 1 is 0.900 bits per heavy atom. The molecule has 5 heteroatoms. The van der Waals surface area contributed by atoms with Crippen molar-refractivity contribution in [2.24, 2.45) is 5.73 Å². The Hall–Kier alpha value is -3.15. The summed E-state index contributed by atoms with van der Waals surface area (Å²) in [6.07, 6.45) is -1.10. The highest BCUT2D eigenvalue weighted by Gasteiger charge is 2.16. The minimum Gasteiger partial charge on any atom is -0.445 e. The average Bonchev–Trinajstić information content (AvgIpc) is 2.77. The number of ether oxygens (including phenoxy) is 1. The molecule has 0 radical (unpaired) electrons. The van der Waals surface area contributed by atoms with Crippen LogP contribution in [0.3, 0.4) is 0 Å². The van der Waals surface area contributed by atoms with Gasteiger partial charge in [0.05, 0.1) is 6.10 Å². The molecule has 3 rings (SSSR count). The maximum Gasteiger partial charge on any atom is 0.404 e. The van der Waals surface area contributed by atoms with Crippen molar-refractivity contribution in [1.29, 1.82) is 0 Å². The van der Waals surface area contributed by atoms with Crippen LogP contribution < -0.4 is 11.1 Å². The first-order valence-electron chi connectivity index (χ1n) is 10.00. The van der Waals surface area contributed by atoms with E-state index >= 15 is 0 Å². The Kier molecular flexibility index (Phi) is 10.1. The van der Waals surface area contributed by atoms with Gasteiger partial charge >= 0.3 is 6.09 Å². The summed E-state index contributed by atoms with van der Waals surface area (Å²) in [5, 5.41) is 13.3. The predicted molar refractivity (Wildman–Crippen MR) is 120 cm³/mol. The van der Waals surface area contributed by atoms with E-state index in [2.05, 4.69) is 34.3 Å². The molecule has 3 aromatic rings. The lowest BCUT2D eigenvalue weighted by atomic mass is 9.94. The molecule has 5 nitrogen and oxygen atoms in total. The van der Waals surface area contributed by atoms with Crippen molar-refractivity contribution in [3.8, 4) is 0 Å². The molecule has 4 N–H and O–H groups in total. The van der Waals surface area contributed by atoms with E-state index in [1.165, 1.54) is 11.1 Å². The smallest absolute Gasteiger partial charge is 0.404 e. The first kappa shape index (κ1) is 23.1. The Morgan fingerprint density at radius 2 is 1.40 bits per heavy atom. The summed E-state index contributed by atoms with van der Waals surface area (Å²) in [5.41, 5.74) is 8.16. The van der Waals surface area contributed by atoms with E-state index in [1.54, 1.807) is 0 Å². The molecule has 0 aliphatic rings. The van der Waals surface area contributed by atoms with Crippen molar-refractivity contribution in [2.45, 2.75) is 32.1 Å². The molecule has 0 aliphatic carbocycles. The molecule has 2 unspecified atom stereocenters. The van der Waals surface area contributed by atoms with Gasteiger partial charge in [-0.1, -0.05) is 91.0 Å². The zero-order chi connectivity index (χ0) is 21.6. The van der Waals surface area contributed by atoms with Crippen LogP contribution in [0, 0.1) is 0 Å². The third-order valence-corrected chi connectivity index (χ3v) is 4.57. The Labute approximate surface area is 178 Å². The van der Waals surface area contributed by atoms with Crippen LogP contribution in [-0.2, 0) is 17.9 Å². The third-order valence-electron chi connectivity index (χ3n) is 4.57. The third kappa shape index (κ3) is 8.90. The topological polar surface area (TPSA) is 84.6 Å². The van der Waals surface area contributed by atoms with Gasteiger partial charge in [-0.25, -0.2) is 4.79 Å². The van der Waals surface area contributed by atoms with Crippen LogP contribution >= 0.6 is 0 Å². The first-order valence-corrected chi connectivity index (χ1v) is 10.00. The highest BCUT2D eigenvalue weighted by molar-refractivity contribution is 5.64. The van der Waals surface area contributed by atoms with Crippen molar-refractivity contribution in [3.63, 3.8) is 0 Å². The van der Waals surface area contributed by atoms with Gasteiger partial charge in [-0.2, -0.15) is 0 Å². The number of nitrogens with one attached hydrogen (secondary N) is 1. The van der Waals surface area contributed by atoms with Gasteiger partial charge in [0.25, 0.3) is 0 Å². The molecule has 1 amide bonds. The molecule has 0 aliphatic heterocycles. The molecule has 0 bridgehead atoms. The molecule has 30 heavy (non-hydrogen) atoms. The molecule has 0 saturated heterocycles. The number of benzene rings is 3. The van der Waals surface area contributed by atoms with Crippen molar-refractivity contribution in [1.82, 2.24) is 5.32 Å². The molecule has 0 saturated carbocycles. The van der Waals surface area contributed by atoms with Crippen LogP contribution in [0.1, 0.15) is 29.5 Å². The van der Waals surface area contributed by atoms with Gasteiger partial charge in [-0.3, -0.25) is 0 Å². The number of hydrogen-bond donors (Lipinski definition) is 3. The minimum atomic E-state index is -0.742. The molecular formula is C25H30N2O3. The number of carbonyl (C=O) groups is 1. The number of nitrogens with two attached hydrogens (primary N) is 1. The van der Waals surface area contributed by atoms with Crippen molar-refractivity contribution in [3.05, 3.63) is 108 Å². The minimum absolute atomic E-state index is 0.130. The van der Waals surface area contributed by atoms with E-state index in [4.69, 9.17) is 5.73 Å². The molecule has 3 aromatic carbocycles. The quantitative estimate of drug-likeness (QED) is 0.523. The van der Waals surface area contributed by atoms with Gasteiger partial charge in [-0.15, -0.1) is 0 Å². The summed E-state index contributed by atoms with van der Waals surface area (Å²) in [6, 6.07) is 29.9. The SMILES string of the molecule is CC(O)C(CNCc1ccccc1)c1ccccc1.NC(=O)OCc1ccccc1. The highest BCUT2D eigenvalue weighted by Crippen LogP contribution is 2.18. The van der Waals surface area contributed by atoms with Crippen LogP contribution in [0.15, 0.2) is 91.0 Å². The average molecular weight is 407 g/mol. The van der Waals surface area contributed by atoms with Crippen molar-refractivity contribution >= 4 is 6.09 Å². The maximum atomic E-state index is 10.2. The Balaban J connectivity index is 0.000000248. The number of rotatable bonds is 8. The van der Waals surface area contributed by atoms with E-state index in [-0.39, 0.29) is 18.6 Å². The molecule has 0 fully saturated rings. The first-order chi connectivity index (χ1) is 14.6. The molecule has 0 spiro atoms. The number of amides is 1. The lowest BCUT2D eigenvalue weighted by molar-refractivity contribution is 0.150. The van der Waals surface area contributed by atoms with E-state index in [1.807, 2.05) is 73.7 Å². The van der Waals surface area contributed by atoms with Crippen LogP contribution in [0.2, 0.25) is 0 Å². The summed E-state index contributed by atoms with van der Waals surface area (Å²) < 4.78 is 4.57. The van der Waals surface area contributed by atoms with Gasteiger partial charge < -0.3 is 20.9 Å². The second-order valence-corrected chi connectivity index (χ2v) is 6.97. The summed E-state index contributed by atoms with van der Waals surface area (Å²) in [5.74, 6) is 0.130. The van der Waals surface area contributed by atoms with Crippen molar-refractivity contribution < 1.29 is 14.6 Å². The van der Waals surface area contributed by atoms with Crippen molar-refractivity contribution in [2.75, 3.05) is 6.54 Å². The molecule has 0 heterocycles. The Bertz CT molecular complexity index is 840. The molecule has 0 aromatic heterocycles. The predicted octanol–water partition coefficient (Wildman–Crippen LogP) is 4.22. The van der Waals surface area contributed by atoms with E-state index < -0.39 is 6.09 Å². The van der Waals surface area contributed by atoms with E-state index in [0.717, 1.165) is 18.7 Å². The zero-order valence-electron chi connectivity index (χ0n) is 17.3. The summed E-state index contributed by atoms with van der Waals surface area (Å²) in [6.45, 7) is 3.70. The molecular weight excluding hydrogens is 376 g/mol. The second kappa shape index (κ2) is 13.1. The standard InChI is InChI=1S/C17H21NO.C8H9NO2/c1-14(19)17(16-10-6-3-7-11-16)13-18-12-15-8-4-2-5-9-15;9-8(10)11-6-7-4-2-1-3-5-7/h2-11,14,17-19H,12-13H2,1H3;1-5H,6H2,(H2,9,10). The number of aliphatic hydroxyl groups is 1. The number of aliphatic hydroxyl groups excluding tert-OH is 1. The zero-order valence-corrected chi connectivity index (χ0v) is 17.3. The van der Waals surface area contributed by atoms with Gasteiger partial charge in [0.2, 0.25) is 0 Å². The lowest BCUT2D eigenvalue weighted by Gasteiger charge is -2.21. The fourth-order valence-electron chi connectivity index (χ4n) is 2.96. The summed E-state index contributed by atoms with van der Waals surface area (Å²) in [7, 11) is 0. The summed E-state index contributed by atoms with van der Waals surface area (Å²) in [4.78, 5) is 10.2. The number of primary amides is 1. The normalized spacial score (nSPS) is 12.2. The largest absolute Gasteiger partial charge is 0.445 e. The van der Waals surface area contributed by atoms with Crippen LogP contribution in [0.4, 0.5) is 4.79 Å². The van der Waals surface area contributed by atoms with Gasteiger partial charge in [0.1, 0.15) is 6.61 Å². The van der Waals surface area contributed by atoms with Gasteiger partial charge in [-0.05, 0) is 23.6 Å². The molecule has 2 atom stereocenters.